The molecule has 0 saturated carbocycles. The van der Waals surface area contributed by atoms with Crippen LogP contribution in [0.4, 0.5) is 0 Å². The third-order valence-electron chi connectivity index (χ3n) is 3.61. The molecular formula is C18H17ClOS. The summed E-state index contributed by atoms with van der Waals surface area (Å²) in [6.45, 7) is 2.13. The Morgan fingerprint density at radius 2 is 1.90 bits per heavy atom. The summed E-state index contributed by atoms with van der Waals surface area (Å²) in [5.41, 5.74) is 2.45. The molecule has 0 spiro atoms. The normalized spacial score (nSPS) is 12.5. The van der Waals surface area contributed by atoms with E-state index in [0.717, 1.165) is 12.2 Å². The van der Waals surface area contributed by atoms with Gasteiger partial charge in [0.25, 0.3) is 0 Å². The van der Waals surface area contributed by atoms with E-state index in [1.165, 1.54) is 21.2 Å². The van der Waals surface area contributed by atoms with Crippen LogP contribution in [0.2, 0.25) is 0 Å². The smallest absolute Gasteiger partial charge is 0.138 e. The van der Waals surface area contributed by atoms with Gasteiger partial charge in [0.1, 0.15) is 11.9 Å². The van der Waals surface area contributed by atoms with Gasteiger partial charge in [-0.25, -0.2) is 0 Å². The Labute approximate surface area is 134 Å². The standard InChI is InChI=1S/C18H17ClOS/c1-13-7-8-17(18-15(13)10-12-21-18)20-16(9-11-19)14-5-3-2-4-6-14/h2-8,10,12,16H,9,11H2,1H3/t16-/m0/s1. The fourth-order valence-electron chi connectivity index (χ4n) is 2.48. The monoisotopic (exact) mass is 316 g/mol. The first kappa shape index (κ1) is 14.4. The van der Waals surface area contributed by atoms with Gasteiger partial charge < -0.3 is 4.74 Å². The molecule has 0 amide bonds. The quantitative estimate of drug-likeness (QED) is 0.528. The fraction of sp³-hybridized carbons (Fsp3) is 0.222. The van der Waals surface area contributed by atoms with Gasteiger partial charge in [-0.05, 0) is 40.9 Å². The second kappa shape index (κ2) is 6.50. The summed E-state index contributed by atoms with van der Waals surface area (Å²) in [6.07, 6.45) is 0.795. The number of rotatable bonds is 5. The molecule has 1 heterocycles. The highest BCUT2D eigenvalue weighted by atomic mass is 35.5. The molecule has 3 rings (SSSR count). The largest absolute Gasteiger partial charge is 0.484 e. The van der Waals surface area contributed by atoms with Gasteiger partial charge in [-0.2, -0.15) is 0 Å². The third kappa shape index (κ3) is 3.07. The second-order valence-corrected chi connectivity index (χ2v) is 6.33. The van der Waals surface area contributed by atoms with Gasteiger partial charge in [0.05, 0.1) is 4.70 Å². The van der Waals surface area contributed by atoms with E-state index in [-0.39, 0.29) is 6.10 Å². The molecule has 0 fully saturated rings. The van der Waals surface area contributed by atoms with Crippen LogP contribution in [0.1, 0.15) is 23.7 Å². The average molecular weight is 317 g/mol. The molecule has 0 unspecified atom stereocenters. The second-order valence-electron chi connectivity index (χ2n) is 5.04. The van der Waals surface area contributed by atoms with Crippen molar-refractivity contribution in [2.75, 3.05) is 5.88 Å². The maximum Gasteiger partial charge on any atom is 0.138 e. The van der Waals surface area contributed by atoms with Gasteiger partial charge in [0, 0.05) is 12.3 Å². The van der Waals surface area contributed by atoms with Crippen LogP contribution in [0.5, 0.6) is 5.75 Å². The predicted molar refractivity (Wildman–Crippen MR) is 91.7 cm³/mol. The molecule has 0 radical (unpaired) electrons. The van der Waals surface area contributed by atoms with Crippen molar-refractivity contribution in [1.82, 2.24) is 0 Å². The molecule has 0 saturated heterocycles. The molecule has 1 aromatic heterocycles. The molecule has 0 N–H and O–H groups in total. The Hall–Kier alpha value is -1.51. The number of aryl methyl sites for hydroxylation is 1. The molecule has 1 nitrogen and oxygen atoms in total. The highest BCUT2D eigenvalue weighted by Gasteiger charge is 2.15. The van der Waals surface area contributed by atoms with E-state index < -0.39 is 0 Å². The number of ether oxygens (including phenoxy) is 1. The summed E-state index contributed by atoms with van der Waals surface area (Å²) < 4.78 is 7.51. The third-order valence-corrected chi connectivity index (χ3v) is 4.76. The molecule has 1 atom stereocenters. The summed E-state index contributed by atoms with van der Waals surface area (Å²) in [5, 5.41) is 3.39. The van der Waals surface area contributed by atoms with E-state index in [0.29, 0.717) is 5.88 Å². The lowest BCUT2D eigenvalue weighted by atomic mass is 10.1. The summed E-state index contributed by atoms with van der Waals surface area (Å²) in [6, 6.07) is 16.6. The average Bonchev–Trinajstić information content (AvgIpc) is 3.01. The van der Waals surface area contributed by atoms with Crippen LogP contribution in [0, 0.1) is 6.92 Å². The Morgan fingerprint density at radius 1 is 1.10 bits per heavy atom. The van der Waals surface area contributed by atoms with Gasteiger partial charge >= 0.3 is 0 Å². The van der Waals surface area contributed by atoms with Crippen molar-refractivity contribution in [3.8, 4) is 5.75 Å². The van der Waals surface area contributed by atoms with Gasteiger partial charge in [-0.3, -0.25) is 0 Å². The van der Waals surface area contributed by atoms with Crippen LogP contribution in [0.3, 0.4) is 0 Å². The number of hydrogen-bond donors (Lipinski definition) is 0. The molecule has 0 aliphatic rings. The van der Waals surface area contributed by atoms with E-state index >= 15 is 0 Å². The fourth-order valence-corrected chi connectivity index (χ4v) is 3.61. The minimum Gasteiger partial charge on any atom is -0.484 e. The highest BCUT2D eigenvalue weighted by molar-refractivity contribution is 7.17. The van der Waals surface area contributed by atoms with Crippen molar-refractivity contribution in [3.05, 3.63) is 65.0 Å². The Bertz CT molecular complexity index is 720. The van der Waals surface area contributed by atoms with Crippen molar-refractivity contribution < 1.29 is 4.74 Å². The van der Waals surface area contributed by atoms with Crippen LogP contribution >= 0.6 is 22.9 Å². The first-order valence-electron chi connectivity index (χ1n) is 7.04. The van der Waals surface area contributed by atoms with Crippen LogP contribution in [-0.2, 0) is 0 Å². The van der Waals surface area contributed by atoms with Crippen LogP contribution < -0.4 is 4.74 Å². The molecule has 21 heavy (non-hydrogen) atoms. The van der Waals surface area contributed by atoms with Crippen molar-refractivity contribution in [3.63, 3.8) is 0 Å². The summed E-state index contributed by atoms with van der Waals surface area (Å²) in [7, 11) is 0. The molecule has 0 aliphatic heterocycles. The zero-order chi connectivity index (χ0) is 14.7. The SMILES string of the molecule is Cc1ccc(O[C@@H](CCCl)c2ccccc2)c2sccc12. The number of halogens is 1. The van der Waals surface area contributed by atoms with Gasteiger partial charge in [0.15, 0.2) is 0 Å². The number of hydrogen-bond acceptors (Lipinski definition) is 2. The Kier molecular flexibility index (Phi) is 4.47. The van der Waals surface area contributed by atoms with E-state index in [1.54, 1.807) is 11.3 Å². The lowest BCUT2D eigenvalue weighted by Gasteiger charge is -2.19. The van der Waals surface area contributed by atoms with Gasteiger partial charge in [0.2, 0.25) is 0 Å². The number of fused-ring (bicyclic) bond motifs is 1. The zero-order valence-electron chi connectivity index (χ0n) is 11.9. The van der Waals surface area contributed by atoms with Crippen molar-refractivity contribution in [2.45, 2.75) is 19.4 Å². The van der Waals surface area contributed by atoms with Crippen LogP contribution in [0.25, 0.3) is 10.1 Å². The van der Waals surface area contributed by atoms with Crippen LogP contribution in [-0.4, -0.2) is 5.88 Å². The zero-order valence-corrected chi connectivity index (χ0v) is 13.5. The number of thiophene rings is 1. The van der Waals surface area contributed by atoms with E-state index in [2.05, 4.69) is 42.6 Å². The first-order chi connectivity index (χ1) is 10.3. The predicted octanol–water partition coefficient (Wildman–Crippen LogP) is 5.96. The van der Waals surface area contributed by atoms with E-state index in [9.17, 15) is 0 Å². The molecule has 0 bridgehead atoms. The van der Waals surface area contributed by atoms with Crippen molar-refractivity contribution in [2.24, 2.45) is 0 Å². The van der Waals surface area contributed by atoms with E-state index in [1.807, 2.05) is 18.2 Å². The Balaban J connectivity index is 1.95. The molecule has 108 valence electrons. The molecule has 3 heteroatoms. The van der Waals surface area contributed by atoms with Crippen molar-refractivity contribution in [1.29, 1.82) is 0 Å². The van der Waals surface area contributed by atoms with Gasteiger partial charge in [-0.1, -0.05) is 36.4 Å². The van der Waals surface area contributed by atoms with E-state index in [4.69, 9.17) is 16.3 Å². The lowest BCUT2D eigenvalue weighted by Crippen LogP contribution is -2.08. The molecule has 0 aliphatic carbocycles. The first-order valence-corrected chi connectivity index (χ1v) is 8.45. The summed E-state index contributed by atoms with van der Waals surface area (Å²) in [4.78, 5) is 0. The van der Waals surface area contributed by atoms with Gasteiger partial charge in [-0.15, -0.1) is 22.9 Å². The minimum absolute atomic E-state index is 0.00305. The van der Waals surface area contributed by atoms with Crippen LogP contribution in [0.15, 0.2) is 53.9 Å². The number of alkyl halides is 1. The summed E-state index contributed by atoms with van der Waals surface area (Å²) >= 11 is 7.68. The lowest BCUT2D eigenvalue weighted by molar-refractivity contribution is 0.205. The topological polar surface area (TPSA) is 9.23 Å². The maximum absolute atomic E-state index is 6.29. The maximum atomic E-state index is 6.29. The molecule has 3 aromatic rings. The molecule has 2 aromatic carbocycles. The molecular weight excluding hydrogens is 300 g/mol. The Morgan fingerprint density at radius 3 is 2.67 bits per heavy atom. The summed E-state index contributed by atoms with van der Waals surface area (Å²) in [5.74, 6) is 1.53. The van der Waals surface area contributed by atoms with Crippen molar-refractivity contribution >= 4 is 33.0 Å². The minimum atomic E-state index is -0.00305. The number of benzene rings is 2. The highest BCUT2D eigenvalue weighted by Crippen LogP contribution is 2.36.